The summed E-state index contributed by atoms with van der Waals surface area (Å²) >= 11 is 1.87. The molecule has 0 aliphatic heterocycles. The van der Waals surface area contributed by atoms with Gasteiger partial charge in [-0.25, -0.2) is 4.98 Å². The second-order valence-corrected chi connectivity index (χ2v) is 9.92. The Morgan fingerprint density at radius 3 is 2.61 bits per heavy atom. The molecule has 0 spiro atoms. The van der Waals surface area contributed by atoms with Crippen LogP contribution in [-0.4, -0.2) is 43.2 Å². The summed E-state index contributed by atoms with van der Waals surface area (Å²) in [4.78, 5) is 13.2. The van der Waals surface area contributed by atoms with Crippen molar-refractivity contribution >= 4 is 34.0 Å². The topological polar surface area (TPSA) is 53.1 Å². The first kappa shape index (κ1) is 22.0. The van der Waals surface area contributed by atoms with E-state index in [0.717, 1.165) is 41.7 Å². The lowest BCUT2D eigenvalue weighted by Crippen LogP contribution is -2.32. The normalized spacial score (nSPS) is 18.9. The molecule has 31 heavy (non-hydrogen) atoms. The van der Waals surface area contributed by atoms with Crippen LogP contribution in [0.1, 0.15) is 43.4 Å². The second kappa shape index (κ2) is 10.9. The van der Waals surface area contributed by atoms with Crippen molar-refractivity contribution in [1.29, 1.82) is 0 Å². The van der Waals surface area contributed by atoms with Gasteiger partial charge in [0.1, 0.15) is 5.82 Å². The number of para-hydroxylation sites is 1. The van der Waals surface area contributed by atoms with E-state index in [4.69, 9.17) is 9.97 Å². The molecule has 1 fully saturated rings. The first-order valence-electron chi connectivity index (χ1n) is 11.6. The van der Waals surface area contributed by atoms with Crippen molar-refractivity contribution in [2.45, 2.75) is 51.0 Å². The molecule has 0 saturated heterocycles. The van der Waals surface area contributed by atoms with Gasteiger partial charge in [0.15, 0.2) is 0 Å². The highest BCUT2D eigenvalue weighted by Gasteiger charge is 2.22. The van der Waals surface area contributed by atoms with Crippen LogP contribution in [0.3, 0.4) is 0 Å². The molecule has 0 atom stereocenters. The maximum Gasteiger partial charge on any atom is 0.225 e. The van der Waals surface area contributed by atoms with Crippen LogP contribution in [0.4, 0.5) is 11.8 Å². The molecule has 1 saturated carbocycles. The third-order valence-corrected chi connectivity index (χ3v) is 7.16. The summed E-state index contributed by atoms with van der Waals surface area (Å²) in [6.45, 7) is 2.30. The molecule has 0 bridgehead atoms. The van der Waals surface area contributed by atoms with Crippen molar-refractivity contribution < 1.29 is 0 Å². The van der Waals surface area contributed by atoms with Crippen molar-refractivity contribution in [3.63, 3.8) is 0 Å². The monoisotopic (exact) mass is 437 g/mol. The molecule has 1 aliphatic carbocycles. The van der Waals surface area contributed by atoms with E-state index in [0.29, 0.717) is 6.04 Å². The number of rotatable bonds is 10. The summed E-state index contributed by atoms with van der Waals surface area (Å²) in [5.74, 6) is 2.53. The van der Waals surface area contributed by atoms with Gasteiger partial charge in [0.05, 0.1) is 5.52 Å². The van der Waals surface area contributed by atoms with Crippen LogP contribution in [0, 0.1) is 5.92 Å². The van der Waals surface area contributed by atoms with Crippen molar-refractivity contribution in [2.24, 2.45) is 5.92 Å². The quantitative estimate of drug-likeness (QED) is 0.419. The average Bonchev–Trinajstić information content (AvgIpc) is 3.30. The van der Waals surface area contributed by atoms with Gasteiger partial charge in [-0.15, -0.1) is 11.3 Å². The predicted molar refractivity (Wildman–Crippen MR) is 133 cm³/mol. The Balaban J connectivity index is 1.19. The van der Waals surface area contributed by atoms with Gasteiger partial charge in [-0.05, 0) is 87.5 Å². The van der Waals surface area contributed by atoms with Gasteiger partial charge < -0.3 is 15.5 Å². The molecule has 1 aliphatic rings. The molecule has 2 heterocycles. The minimum atomic E-state index is 0.471. The Morgan fingerprint density at radius 2 is 1.84 bits per heavy atom. The number of nitrogens with one attached hydrogen (secondary N) is 2. The van der Waals surface area contributed by atoms with E-state index in [1.807, 2.05) is 37.6 Å². The third kappa shape index (κ3) is 6.17. The Bertz CT molecular complexity index is 932. The van der Waals surface area contributed by atoms with Gasteiger partial charge in [-0.1, -0.05) is 18.2 Å². The van der Waals surface area contributed by atoms with Crippen LogP contribution in [0.5, 0.6) is 0 Å². The maximum absolute atomic E-state index is 4.80. The fourth-order valence-corrected chi connectivity index (χ4v) is 5.22. The molecule has 1 aromatic carbocycles. The summed E-state index contributed by atoms with van der Waals surface area (Å²) < 4.78 is 0. The van der Waals surface area contributed by atoms with Crippen LogP contribution < -0.4 is 15.5 Å². The fourth-order valence-electron chi connectivity index (χ4n) is 4.47. The Labute approximate surface area is 190 Å². The molecule has 6 heteroatoms. The number of anilines is 2. The molecule has 3 aromatic rings. The molecule has 0 amide bonds. The number of aromatic nitrogens is 2. The zero-order chi connectivity index (χ0) is 21.5. The van der Waals surface area contributed by atoms with E-state index in [1.165, 1.54) is 49.8 Å². The van der Waals surface area contributed by atoms with E-state index in [9.17, 15) is 0 Å². The number of hydrogen-bond acceptors (Lipinski definition) is 6. The number of benzene rings is 1. The van der Waals surface area contributed by atoms with E-state index in [-0.39, 0.29) is 0 Å². The van der Waals surface area contributed by atoms with E-state index in [2.05, 4.69) is 45.2 Å². The van der Waals surface area contributed by atoms with E-state index in [1.54, 1.807) is 0 Å². The molecule has 5 nitrogen and oxygen atoms in total. The highest BCUT2D eigenvalue weighted by molar-refractivity contribution is 7.09. The maximum atomic E-state index is 4.80. The number of nitrogens with zero attached hydrogens (tertiary/aromatic N) is 3. The molecule has 4 rings (SSSR count). The highest BCUT2D eigenvalue weighted by Crippen LogP contribution is 2.28. The third-order valence-electron chi connectivity index (χ3n) is 6.23. The smallest absolute Gasteiger partial charge is 0.225 e. The largest absolute Gasteiger partial charge is 0.362 e. The summed E-state index contributed by atoms with van der Waals surface area (Å²) in [6.07, 6.45) is 8.70. The van der Waals surface area contributed by atoms with Crippen LogP contribution >= 0.6 is 11.3 Å². The molecule has 2 aromatic heterocycles. The molecule has 0 radical (unpaired) electrons. The lowest BCUT2D eigenvalue weighted by atomic mass is 9.86. The zero-order valence-electron chi connectivity index (χ0n) is 18.8. The van der Waals surface area contributed by atoms with Gasteiger partial charge in [0.2, 0.25) is 5.95 Å². The highest BCUT2D eigenvalue weighted by atomic mass is 32.1. The first-order chi connectivity index (χ1) is 15.2. The number of thiophene rings is 1. The zero-order valence-corrected chi connectivity index (χ0v) is 19.6. The van der Waals surface area contributed by atoms with Gasteiger partial charge in [0.25, 0.3) is 0 Å². The summed E-state index contributed by atoms with van der Waals surface area (Å²) in [5, 5.41) is 10.6. The second-order valence-electron chi connectivity index (χ2n) is 8.88. The minimum absolute atomic E-state index is 0.471. The van der Waals surface area contributed by atoms with Crippen molar-refractivity contribution in [2.75, 3.05) is 37.4 Å². The van der Waals surface area contributed by atoms with Crippen LogP contribution in [0.2, 0.25) is 0 Å². The summed E-state index contributed by atoms with van der Waals surface area (Å²) in [6, 6.07) is 13.1. The van der Waals surface area contributed by atoms with Gasteiger partial charge in [0, 0.05) is 30.4 Å². The standard InChI is InChI=1S/C25H35N5S/c1-30(2)24-22-10-3-4-11-23(22)28-25(29-24)27-20-14-12-19(13-15-20)18-26-16-6-5-8-21-9-7-17-31-21/h3-4,7,9-11,17,19-20,26H,5-6,8,12-16,18H2,1-2H3,(H,27,28,29)/t19-,20+. The molecular weight excluding hydrogens is 402 g/mol. The first-order valence-corrected chi connectivity index (χ1v) is 12.5. The summed E-state index contributed by atoms with van der Waals surface area (Å²) in [7, 11) is 4.08. The molecule has 0 unspecified atom stereocenters. The summed E-state index contributed by atoms with van der Waals surface area (Å²) in [5.41, 5.74) is 1.00. The van der Waals surface area contributed by atoms with Crippen LogP contribution in [0.15, 0.2) is 41.8 Å². The van der Waals surface area contributed by atoms with Crippen molar-refractivity contribution in [1.82, 2.24) is 15.3 Å². The Morgan fingerprint density at radius 1 is 1.00 bits per heavy atom. The van der Waals surface area contributed by atoms with E-state index < -0.39 is 0 Å². The fraction of sp³-hybridized carbons (Fsp3) is 0.520. The Kier molecular flexibility index (Phi) is 7.76. The van der Waals surface area contributed by atoms with Gasteiger partial charge >= 0.3 is 0 Å². The molecule has 2 N–H and O–H groups in total. The average molecular weight is 438 g/mol. The Hall–Kier alpha value is -2.18. The number of aryl methyl sites for hydroxylation is 1. The lowest BCUT2D eigenvalue weighted by Gasteiger charge is -2.29. The van der Waals surface area contributed by atoms with Gasteiger partial charge in [-0.3, -0.25) is 0 Å². The number of fused-ring (bicyclic) bond motifs is 1. The SMILES string of the molecule is CN(C)c1nc(N[C@H]2CC[C@@H](CNCCCCc3cccs3)CC2)nc2ccccc12. The predicted octanol–water partition coefficient (Wildman–Crippen LogP) is 5.34. The molecular formula is C25H35N5S. The van der Waals surface area contributed by atoms with Crippen molar-refractivity contribution in [3.8, 4) is 0 Å². The van der Waals surface area contributed by atoms with E-state index >= 15 is 0 Å². The number of hydrogen-bond donors (Lipinski definition) is 2. The number of unbranched alkanes of at least 4 members (excludes halogenated alkanes) is 1. The minimum Gasteiger partial charge on any atom is -0.362 e. The van der Waals surface area contributed by atoms with Crippen LogP contribution in [0.25, 0.3) is 10.9 Å². The molecule has 166 valence electrons. The van der Waals surface area contributed by atoms with Crippen LogP contribution in [-0.2, 0) is 6.42 Å². The lowest BCUT2D eigenvalue weighted by molar-refractivity contribution is 0.323. The van der Waals surface area contributed by atoms with Gasteiger partial charge in [-0.2, -0.15) is 4.98 Å². The van der Waals surface area contributed by atoms with Crippen molar-refractivity contribution in [3.05, 3.63) is 46.7 Å².